The van der Waals surface area contributed by atoms with E-state index in [1.165, 1.54) is 11.3 Å². The number of rotatable bonds is 6. The lowest BCUT2D eigenvalue weighted by Gasteiger charge is -2.17. The van der Waals surface area contributed by atoms with Crippen LogP contribution in [0, 0.1) is 0 Å². The largest absolute Gasteiger partial charge is 0.493 e. The van der Waals surface area contributed by atoms with Gasteiger partial charge in [-0.1, -0.05) is 29.8 Å². The molecule has 1 amide bonds. The van der Waals surface area contributed by atoms with Crippen molar-refractivity contribution in [3.8, 4) is 22.1 Å². The quantitative estimate of drug-likeness (QED) is 0.596. The van der Waals surface area contributed by atoms with Gasteiger partial charge in [-0.2, -0.15) is 0 Å². The number of carbonyl (C=O) groups excluding carboxylic acids is 1. The van der Waals surface area contributed by atoms with Gasteiger partial charge in [0.25, 0.3) is 5.91 Å². The Labute approximate surface area is 167 Å². The number of hydrogen-bond donors (Lipinski definition) is 0. The molecule has 0 saturated heterocycles. The molecule has 0 aliphatic heterocycles. The number of amides is 1. The summed E-state index contributed by atoms with van der Waals surface area (Å²) in [6, 6.07) is 13.0. The van der Waals surface area contributed by atoms with Gasteiger partial charge in [-0.15, -0.1) is 11.3 Å². The van der Waals surface area contributed by atoms with Crippen LogP contribution in [-0.4, -0.2) is 37.1 Å². The monoisotopic (exact) mass is 402 g/mol. The predicted octanol–water partition coefficient (Wildman–Crippen LogP) is 4.75. The molecule has 5 nitrogen and oxygen atoms in total. The van der Waals surface area contributed by atoms with Crippen molar-refractivity contribution in [3.05, 3.63) is 64.1 Å². The fraction of sp³-hybridized carbons (Fsp3) is 0.200. The Balaban J connectivity index is 1.73. The zero-order chi connectivity index (χ0) is 19.4. The Morgan fingerprint density at radius 1 is 1.11 bits per heavy atom. The highest BCUT2D eigenvalue weighted by molar-refractivity contribution is 7.13. The molecule has 0 radical (unpaired) electrons. The number of nitrogens with zero attached hydrogens (tertiary/aromatic N) is 2. The van der Waals surface area contributed by atoms with E-state index >= 15 is 0 Å². The van der Waals surface area contributed by atoms with Crippen molar-refractivity contribution in [2.24, 2.45) is 0 Å². The number of ether oxygens (including phenoxy) is 2. The minimum atomic E-state index is -0.138. The van der Waals surface area contributed by atoms with Crippen molar-refractivity contribution < 1.29 is 14.3 Å². The van der Waals surface area contributed by atoms with Crippen molar-refractivity contribution in [2.45, 2.75) is 6.54 Å². The third-order valence-corrected chi connectivity index (χ3v) is 5.17. The average molecular weight is 403 g/mol. The summed E-state index contributed by atoms with van der Waals surface area (Å²) in [5.74, 6) is 1.15. The summed E-state index contributed by atoms with van der Waals surface area (Å²) in [5.41, 5.74) is 2.30. The first kappa shape index (κ1) is 19.2. The molecule has 1 aromatic heterocycles. The fourth-order valence-corrected chi connectivity index (χ4v) is 3.54. The molecular weight excluding hydrogens is 384 g/mol. The van der Waals surface area contributed by atoms with Gasteiger partial charge < -0.3 is 14.4 Å². The van der Waals surface area contributed by atoms with Crippen LogP contribution in [0.1, 0.15) is 16.1 Å². The molecule has 0 saturated carbocycles. The van der Waals surface area contributed by atoms with E-state index in [4.69, 9.17) is 21.1 Å². The summed E-state index contributed by atoms with van der Waals surface area (Å²) >= 11 is 7.35. The lowest BCUT2D eigenvalue weighted by atomic mass is 10.2. The maximum absolute atomic E-state index is 12.7. The standard InChI is InChI=1S/C20H19ClN2O3S/c1-23(11-13-4-9-17(25-2)18(10-13)26-3)20(24)16-12-27-19(22-16)14-5-7-15(21)8-6-14/h4-10,12H,11H2,1-3H3. The lowest BCUT2D eigenvalue weighted by molar-refractivity contribution is 0.0780. The van der Waals surface area contributed by atoms with Crippen molar-refractivity contribution >= 4 is 28.8 Å². The molecule has 0 aliphatic carbocycles. The highest BCUT2D eigenvalue weighted by Gasteiger charge is 2.17. The molecule has 3 rings (SSSR count). The van der Waals surface area contributed by atoms with Crippen LogP contribution in [0.15, 0.2) is 47.8 Å². The molecule has 1 heterocycles. The van der Waals surface area contributed by atoms with Crippen molar-refractivity contribution in [1.29, 1.82) is 0 Å². The zero-order valence-corrected chi connectivity index (χ0v) is 16.8. The van der Waals surface area contributed by atoms with Gasteiger partial charge >= 0.3 is 0 Å². The number of methoxy groups -OCH3 is 2. The SMILES string of the molecule is COc1ccc(CN(C)C(=O)c2csc(-c3ccc(Cl)cc3)n2)cc1OC. The van der Waals surface area contributed by atoms with Crippen molar-refractivity contribution in [3.63, 3.8) is 0 Å². The third-order valence-electron chi connectivity index (χ3n) is 4.03. The van der Waals surface area contributed by atoms with Crippen LogP contribution in [0.3, 0.4) is 0 Å². The molecule has 2 aromatic carbocycles. The summed E-state index contributed by atoms with van der Waals surface area (Å²) in [6.07, 6.45) is 0. The Morgan fingerprint density at radius 3 is 2.48 bits per heavy atom. The molecule has 27 heavy (non-hydrogen) atoms. The molecule has 0 atom stereocenters. The van der Waals surface area contributed by atoms with E-state index in [0.29, 0.717) is 28.8 Å². The molecule has 0 N–H and O–H groups in total. The van der Waals surface area contributed by atoms with Crippen LogP contribution in [0.2, 0.25) is 5.02 Å². The Hall–Kier alpha value is -2.57. The van der Waals surface area contributed by atoms with Crippen LogP contribution in [0.5, 0.6) is 11.5 Å². The van der Waals surface area contributed by atoms with Crippen LogP contribution in [-0.2, 0) is 6.54 Å². The molecule has 3 aromatic rings. The van der Waals surface area contributed by atoms with Crippen molar-refractivity contribution in [2.75, 3.05) is 21.3 Å². The van der Waals surface area contributed by atoms with Gasteiger partial charge in [0.2, 0.25) is 0 Å². The summed E-state index contributed by atoms with van der Waals surface area (Å²) in [7, 11) is 4.93. The van der Waals surface area contributed by atoms with E-state index in [-0.39, 0.29) is 5.91 Å². The predicted molar refractivity (Wildman–Crippen MR) is 108 cm³/mol. The first-order valence-corrected chi connectivity index (χ1v) is 9.45. The number of aromatic nitrogens is 1. The lowest BCUT2D eigenvalue weighted by Crippen LogP contribution is -2.26. The molecule has 0 spiro atoms. The maximum atomic E-state index is 12.7. The van der Waals surface area contributed by atoms with E-state index in [1.807, 2.05) is 42.5 Å². The summed E-state index contributed by atoms with van der Waals surface area (Å²) in [4.78, 5) is 18.8. The Bertz CT molecular complexity index is 941. The highest BCUT2D eigenvalue weighted by Crippen LogP contribution is 2.29. The zero-order valence-electron chi connectivity index (χ0n) is 15.2. The van der Waals surface area contributed by atoms with Gasteiger partial charge in [0, 0.05) is 29.6 Å². The second kappa shape index (κ2) is 8.41. The van der Waals surface area contributed by atoms with Crippen LogP contribution >= 0.6 is 22.9 Å². The second-order valence-electron chi connectivity index (χ2n) is 5.90. The normalized spacial score (nSPS) is 10.5. The second-order valence-corrected chi connectivity index (χ2v) is 7.19. The number of thiazole rings is 1. The van der Waals surface area contributed by atoms with Crippen LogP contribution < -0.4 is 9.47 Å². The minimum absolute atomic E-state index is 0.138. The molecular formula is C20H19ClN2O3S. The van der Waals surface area contributed by atoms with Gasteiger partial charge in [-0.25, -0.2) is 4.98 Å². The van der Waals surface area contributed by atoms with E-state index in [1.54, 1.807) is 31.5 Å². The fourth-order valence-electron chi connectivity index (χ4n) is 2.62. The van der Waals surface area contributed by atoms with E-state index in [0.717, 1.165) is 16.1 Å². The first-order chi connectivity index (χ1) is 13.0. The van der Waals surface area contributed by atoms with Crippen LogP contribution in [0.4, 0.5) is 0 Å². The number of benzene rings is 2. The van der Waals surface area contributed by atoms with Gasteiger partial charge in [0.15, 0.2) is 11.5 Å². The topological polar surface area (TPSA) is 51.7 Å². The minimum Gasteiger partial charge on any atom is -0.493 e. The van der Waals surface area contributed by atoms with Crippen molar-refractivity contribution in [1.82, 2.24) is 9.88 Å². The molecule has 0 fully saturated rings. The third kappa shape index (κ3) is 4.40. The molecule has 7 heteroatoms. The van der Waals surface area contributed by atoms with E-state index in [9.17, 15) is 4.79 Å². The molecule has 0 aliphatic rings. The highest BCUT2D eigenvalue weighted by atomic mass is 35.5. The van der Waals surface area contributed by atoms with Gasteiger partial charge in [-0.3, -0.25) is 4.79 Å². The smallest absolute Gasteiger partial charge is 0.273 e. The molecule has 0 bridgehead atoms. The molecule has 0 unspecified atom stereocenters. The van der Waals surface area contributed by atoms with E-state index in [2.05, 4.69) is 4.98 Å². The van der Waals surface area contributed by atoms with Gasteiger partial charge in [0.1, 0.15) is 10.7 Å². The molecule has 140 valence electrons. The maximum Gasteiger partial charge on any atom is 0.273 e. The Kier molecular flexibility index (Phi) is 5.98. The summed E-state index contributed by atoms with van der Waals surface area (Å²) in [5, 5.41) is 3.23. The summed E-state index contributed by atoms with van der Waals surface area (Å²) in [6.45, 7) is 0.437. The van der Waals surface area contributed by atoms with Gasteiger partial charge in [-0.05, 0) is 29.8 Å². The average Bonchev–Trinajstić information content (AvgIpc) is 3.17. The summed E-state index contributed by atoms with van der Waals surface area (Å²) < 4.78 is 10.6. The van der Waals surface area contributed by atoms with Gasteiger partial charge in [0.05, 0.1) is 14.2 Å². The van der Waals surface area contributed by atoms with E-state index < -0.39 is 0 Å². The number of halogens is 1. The Morgan fingerprint density at radius 2 is 1.81 bits per heavy atom. The number of hydrogen-bond acceptors (Lipinski definition) is 5. The number of carbonyl (C=O) groups is 1. The van der Waals surface area contributed by atoms with Crippen LogP contribution in [0.25, 0.3) is 10.6 Å². The first-order valence-electron chi connectivity index (χ1n) is 8.19.